The molecule has 18 heavy (non-hydrogen) atoms. The molecule has 0 aromatic heterocycles. The SMILES string of the molecule is CCNC(CCN(C)C)c1ccc(Br)c(Cl)c1F. The molecule has 1 N–H and O–H groups in total. The maximum Gasteiger partial charge on any atom is 0.147 e. The van der Waals surface area contributed by atoms with Crippen molar-refractivity contribution in [2.45, 2.75) is 19.4 Å². The Bertz CT molecular complexity index is 399. The van der Waals surface area contributed by atoms with Crippen molar-refractivity contribution in [3.05, 3.63) is 33.0 Å². The van der Waals surface area contributed by atoms with Crippen molar-refractivity contribution in [2.75, 3.05) is 27.2 Å². The first kappa shape index (κ1) is 15.9. The van der Waals surface area contributed by atoms with E-state index in [0.717, 1.165) is 19.5 Å². The maximum atomic E-state index is 14.1. The Kier molecular flexibility index (Phi) is 6.57. The molecule has 0 heterocycles. The lowest BCUT2D eigenvalue weighted by Gasteiger charge is -2.21. The van der Waals surface area contributed by atoms with Crippen LogP contribution in [-0.2, 0) is 0 Å². The highest BCUT2D eigenvalue weighted by Gasteiger charge is 2.18. The van der Waals surface area contributed by atoms with Crippen LogP contribution in [0.2, 0.25) is 5.02 Å². The monoisotopic (exact) mass is 336 g/mol. The lowest BCUT2D eigenvalue weighted by Crippen LogP contribution is -2.26. The number of hydrogen-bond donors (Lipinski definition) is 1. The molecule has 5 heteroatoms. The molecule has 0 aliphatic carbocycles. The summed E-state index contributed by atoms with van der Waals surface area (Å²) in [6.07, 6.45) is 0.843. The van der Waals surface area contributed by atoms with Crippen LogP contribution in [0.1, 0.15) is 24.9 Å². The van der Waals surface area contributed by atoms with Gasteiger partial charge in [-0.25, -0.2) is 4.39 Å². The highest BCUT2D eigenvalue weighted by Crippen LogP contribution is 2.31. The van der Waals surface area contributed by atoms with Gasteiger partial charge < -0.3 is 10.2 Å². The van der Waals surface area contributed by atoms with Crippen molar-refractivity contribution < 1.29 is 4.39 Å². The van der Waals surface area contributed by atoms with E-state index in [-0.39, 0.29) is 16.9 Å². The average Bonchev–Trinajstić information content (AvgIpc) is 2.32. The van der Waals surface area contributed by atoms with E-state index >= 15 is 0 Å². The molecule has 0 fully saturated rings. The molecule has 1 aromatic carbocycles. The maximum absolute atomic E-state index is 14.1. The van der Waals surface area contributed by atoms with E-state index in [1.165, 1.54) is 0 Å². The highest BCUT2D eigenvalue weighted by molar-refractivity contribution is 9.10. The zero-order chi connectivity index (χ0) is 13.7. The Hall–Kier alpha value is -0.160. The summed E-state index contributed by atoms with van der Waals surface area (Å²) in [6, 6.07) is 3.57. The summed E-state index contributed by atoms with van der Waals surface area (Å²) in [5.74, 6) is -0.337. The molecule has 0 aliphatic heterocycles. The van der Waals surface area contributed by atoms with E-state index in [0.29, 0.717) is 10.0 Å². The second-order valence-corrected chi connectivity index (χ2v) is 5.70. The van der Waals surface area contributed by atoms with Crippen LogP contribution in [0.15, 0.2) is 16.6 Å². The van der Waals surface area contributed by atoms with Gasteiger partial charge in [-0.05, 0) is 55.6 Å². The van der Waals surface area contributed by atoms with Gasteiger partial charge in [0.15, 0.2) is 0 Å². The van der Waals surface area contributed by atoms with E-state index in [4.69, 9.17) is 11.6 Å². The molecule has 0 bridgehead atoms. The van der Waals surface area contributed by atoms with Gasteiger partial charge in [-0.1, -0.05) is 24.6 Å². The molecule has 2 nitrogen and oxygen atoms in total. The van der Waals surface area contributed by atoms with Crippen LogP contribution in [0, 0.1) is 5.82 Å². The van der Waals surface area contributed by atoms with Crippen LogP contribution in [0.3, 0.4) is 0 Å². The van der Waals surface area contributed by atoms with Gasteiger partial charge in [-0.3, -0.25) is 0 Å². The average molecular weight is 338 g/mol. The minimum Gasteiger partial charge on any atom is -0.310 e. The first-order valence-electron chi connectivity index (χ1n) is 5.98. The van der Waals surface area contributed by atoms with Crippen molar-refractivity contribution in [1.29, 1.82) is 0 Å². The molecule has 1 unspecified atom stereocenters. The van der Waals surface area contributed by atoms with Gasteiger partial charge in [0.1, 0.15) is 5.82 Å². The van der Waals surface area contributed by atoms with Crippen LogP contribution in [0.25, 0.3) is 0 Å². The van der Waals surface area contributed by atoms with Gasteiger partial charge in [0, 0.05) is 16.1 Å². The normalized spacial score (nSPS) is 13.1. The minimum atomic E-state index is -0.337. The van der Waals surface area contributed by atoms with Gasteiger partial charge in [0.25, 0.3) is 0 Å². The van der Waals surface area contributed by atoms with Crippen LogP contribution in [0.5, 0.6) is 0 Å². The largest absolute Gasteiger partial charge is 0.310 e. The molecule has 0 aliphatic rings. The molecule has 0 spiro atoms. The molecule has 1 atom stereocenters. The number of benzene rings is 1. The third-order valence-corrected chi connectivity index (χ3v) is 4.01. The Balaban J connectivity index is 2.94. The summed E-state index contributed by atoms with van der Waals surface area (Å²) in [6.45, 7) is 3.71. The topological polar surface area (TPSA) is 15.3 Å². The lowest BCUT2D eigenvalue weighted by atomic mass is 10.0. The summed E-state index contributed by atoms with van der Waals surface area (Å²) < 4.78 is 14.7. The first-order chi connectivity index (χ1) is 8.47. The van der Waals surface area contributed by atoms with Crippen LogP contribution >= 0.6 is 27.5 Å². The van der Waals surface area contributed by atoms with Gasteiger partial charge in [0.2, 0.25) is 0 Å². The molecule has 1 rings (SSSR count). The molecule has 0 radical (unpaired) electrons. The molecular formula is C13H19BrClFN2. The predicted octanol–water partition coefficient (Wildman–Crippen LogP) is 3.84. The van der Waals surface area contributed by atoms with E-state index in [1.54, 1.807) is 12.1 Å². The smallest absolute Gasteiger partial charge is 0.147 e. The van der Waals surface area contributed by atoms with Crippen molar-refractivity contribution in [2.24, 2.45) is 0 Å². The van der Waals surface area contributed by atoms with E-state index in [2.05, 4.69) is 26.1 Å². The summed E-state index contributed by atoms with van der Waals surface area (Å²) in [4.78, 5) is 2.09. The summed E-state index contributed by atoms with van der Waals surface area (Å²) in [5, 5.41) is 3.45. The second-order valence-electron chi connectivity index (χ2n) is 4.47. The predicted molar refractivity (Wildman–Crippen MR) is 78.7 cm³/mol. The highest BCUT2D eigenvalue weighted by atomic mass is 79.9. The van der Waals surface area contributed by atoms with Gasteiger partial charge in [-0.15, -0.1) is 0 Å². The van der Waals surface area contributed by atoms with Crippen molar-refractivity contribution in [1.82, 2.24) is 10.2 Å². The van der Waals surface area contributed by atoms with Crippen molar-refractivity contribution in [3.63, 3.8) is 0 Å². The number of rotatable bonds is 6. The zero-order valence-electron chi connectivity index (χ0n) is 10.9. The molecule has 0 saturated carbocycles. The molecular weight excluding hydrogens is 319 g/mol. The third kappa shape index (κ3) is 4.19. The van der Waals surface area contributed by atoms with Crippen LogP contribution in [0.4, 0.5) is 4.39 Å². The summed E-state index contributed by atoms with van der Waals surface area (Å²) in [7, 11) is 4.02. The molecule has 0 saturated heterocycles. The second kappa shape index (κ2) is 7.43. The van der Waals surface area contributed by atoms with Crippen LogP contribution in [-0.4, -0.2) is 32.1 Å². The summed E-state index contributed by atoms with van der Waals surface area (Å²) >= 11 is 9.16. The Morgan fingerprint density at radius 3 is 2.67 bits per heavy atom. The third-order valence-electron chi connectivity index (χ3n) is 2.76. The van der Waals surface area contributed by atoms with Gasteiger partial charge in [0.05, 0.1) is 5.02 Å². The molecule has 0 amide bonds. The standard InChI is InChI=1S/C13H19BrClFN2/c1-4-17-11(7-8-18(2)3)9-5-6-10(14)12(15)13(9)16/h5-6,11,17H,4,7-8H2,1-3H3. The fourth-order valence-corrected chi connectivity index (χ4v) is 2.29. The number of halogens is 3. The Labute approximate surface area is 122 Å². The van der Waals surface area contributed by atoms with E-state index in [9.17, 15) is 4.39 Å². The summed E-state index contributed by atoms with van der Waals surface area (Å²) in [5.41, 5.74) is 0.631. The van der Waals surface area contributed by atoms with Crippen molar-refractivity contribution in [3.8, 4) is 0 Å². The zero-order valence-corrected chi connectivity index (χ0v) is 13.3. The fourth-order valence-electron chi connectivity index (χ4n) is 1.81. The van der Waals surface area contributed by atoms with Gasteiger partial charge >= 0.3 is 0 Å². The number of nitrogens with one attached hydrogen (secondary N) is 1. The minimum absolute atomic E-state index is 0.0111. The van der Waals surface area contributed by atoms with Gasteiger partial charge in [-0.2, -0.15) is 0 Å². The Morgan fingerprint density at radius 1 is 1.44 bits per heavy atom. The molecule has 1 aromatic rings. The van der Waals surface area contributed by atoms with E-state index in [1.807, 2.05) is 21.0 Å². The number of hydrogen-bond acceptors (Lipinski definition) is 2. The number of nitrogens with zero attached hydrogens (tertiary/aromatic N) is 1. The molecule has 102 valence electrons. The van der Waals surface area contributed by atoms with E-state index < -0.39 is 0 Å². The van der Waals surface area contributed by atoms with Crippen molar-refractivity contribution >= 4 is 27.5 Å². The quantitative estimate of drug-likeness (QED) is 0.793. The lowest BCUT2D eigenvalue weighted by molar-refractivity contribution is 0.359. The van der Waals surface area contributed by atoms with Crippen LogP contribution < -0.4 is 5.32 Å². The first-order valence-corrected chi connectivity index (χ1v) is 7.16. The fraction of sp³-hybridized carbons (Fsp3) is 0.538. The Morgan fingerprint density at radius 2 is 2.11 bits per heavy atom.